The van der Waals surface area contributed by atoms with E-state index in [1.54, 1.807) is 22.7 Å². The standard InChI is InChI=1S/C18H19N3O2S2/c1-11-4-5-13-14(7-11)25-17-16(13)18(23)21(10-20-17)9-15(22)19-8-12-3-2-6-24-12/h2-3,6,10-11H,4-5,7-9H2,1H3,(H,19,22)/t11-/m1/s1. The number of hydrogen-bond donors (Lipinski definition) is 1. The number of nitrogens with one attached hydrogen (secondary N) is 1. The molecule has 1 N–H and O–H groups in total. The van der Waals surface area contributed by atoms with Crippen LogP contribution in [0.4, 0.5) is 0 Å². The predicted octanol–water partition coefficient (Wildman–Crippen LogP) is 2.96. The maximum Gasteiger partial charge on any atom is 0.262 e. The van der Waals surface area contributed by atoms with E-state index in [2.05, 4.69) is 17.2 Å². The first kappa shape index (κ1) is 16.5. The third-order valence-electron chi connectivity index (χ3n) is 4.64. The second kappa shape index (κ2) is 6.72. The Morgan fingerprint density at radius 3 is 3.16 bits per heavy atom. The number of aryl methyl sites for hydroxylation is 1. The Hall–Kier alpha value is -1.99. The molecule has 0 spiro atoms. The molecule has 3 heterocycles. The fourth-order valence-electron chi connectivity index (χ4n) is 3.29. The van der Waals surface area contributed by atoms with Gasteiger partial charge in [0.05, 0.1) is 18.3 Å². The molecule has 4 rings (SSSR count). The van der Waals surface area contributed by atoms with Crippen LogP contribution in [-0.4, -0.2) is 15.5 Å². The van der Waals surface area contributed by atoms with Gasteiger partial charge in [-0.15, -0.1) is 22.7 Å². The number of carbonyl (C=O) groups excluding carboxylic acids is 1. The normalized spacial score (nSPS) is 16.8. The van der Waals surface area contributed by atoms with Crippen molar-refractivity contribution >= 4 is 38.8 Å². The van der Waals surface area contributed by atoms with Gasteiger partial charge in [0, 0.05) is 9.75 Å². The lowest BCUT2D eigenvalue weighted by Gasteiger charge is -2.17. The van der Waals surface area contributed by atoms with Crippen LogP contribution in [-0.2, 0) is 30.7 Å². The Balaban J connectivity index is 1.57. The summed E-state index contributed by atoms with van der Waals surface area (Å²) in [7, 11) is 0. The molecule has 0 saturated heterocycles. The highest BCUT2D eigenvalue weighted by molar-refractivity contribution is 7.18. The molecule has 1 aliphatic carbocycles. The SMILES string of the molecule is C[C@@H]1CCc2c(sc3ncn(CC(=O)NCc4cccs4)c(=O)c23)C1. The van der Waals surface area contributed by atoms with E-state index in [-0.39, 0.29) is 18.0 Å². The maximum atomic E-state index is 12.9. The van der Waals surface area contributed by atoms with Crippen molar-refractivity contribution in [2.75, 3.05) is 0 Å². The number of thiophene rings is 2. The molecule has 0 fully saturated rings. The highest BCUT2D eigenvalue weighted by atomic mass is 32.1. The number of rotatable bonds is 4. The smallest absolute Gasteiger partial charge is 0.262 e. The predicted molar refractivity (Wildman–Crippen MR) is 101 cm³/mol. The van der Waals surface area contributed by atoms with Gasteiger partial charge in [-0.1, -0.05) is 13.0 Å². The van der Waals surface area contributed by atoms with Crippen LogP contribution in [0.2, 0.25) is 0 Å². The lowest BCUT2D eigenvalue weighted by atomic mass is 9.89. The summed E-state index contributed by atoms with van der Waals surface area (Å²) in [4.78, 5) is 32.7. The molecule has 3 aromatic heterocycles. The molecule has 1 aliphatic rings. The highest BCUT2D eigenvalue weighted by Gasteiger charge is 2.23. The number of fused-ring (bicyclic) bond motifs is 3. The fourth-order valence-corrected chi connectivity index (χ4v) is 5.27. The summed E-state index contributed by atoms with van der Waals surface area (Å²) < 4.78 is 1.43. The highest BCUT2D eigenvalue weighted by Crippen LogP contribution is 2.35. The average molecular weight is 374 g/mol. The number of hydrogen-bond acceptors (Lipinski definition) is 5. The Labute approximate surface area is 153 Å². The minimum atomic E-state index is -0.172. The van der Waals surface area contributed by atoms with Crippen LogP contribution in [0.5, 0.6) is 0 Å². The molecule has 0 bridgehead atoms. The largest absolute Gasteiger partial charge is 0.350 e. The molecule has 0 unspecified atom stereocenters. The van der Waals surface area contributed by atoms with Crippen LogP contribution >= 0.6 is 22.7 Å². The molecule has 7 heteroatoms. The maximum absolute atomic E-state index is 12.9. The average Bonchev–Trinajstić information content (AvgIpc) is 3.22. The molecule has 1 atom stereocenters. The zero-order valence-corrected chi connectivity index (χ0v) is 15.6. The van der Waals surface area contributed by atoms with E-state index in [1.165, 1.54) is 15.8 Å². The molecule has 1 amide bonds. The van der Waals surface area contributed by atoms with Crippen LogP contribution in [0, 0.1) is 5.92 Å². The third-order valence-corrected chi connectivity index (χ3v) is 6.67. The summed E-state index contributed by atoms with van der Waals surface area (Å²) in [6.45, 7) is 2.75. The molecule has 0 saturated carbocycles. The van der Waals surface area contributed by atoms with Gasteiger partial charge in [0.15, 0.2) is 0 Å². The molecule has 0 radical (unpaired) electrons. The van der Waals surface area contributed by atoms with Gasteiger partial charge in [0.2, 0.25) is 5.91 Å². The fraction of sp³-hybridized carbons (Fsp3) is 0.389. The first-order chi connectivity index (χ1) is 12.1. The zero-order valence-electron chi connectivity index (χ0n) is 13.9. The first-order valence-corrected chi connectivity index (χ1v) is 10.1. The van der Waals surface area contributed by atoms with E-state index in [1.807, 2.05) is 17.5 Å². The summed E-state index contributed by atoms with van der Waals surface area (Å²) in [5.74, 6) is 0.486. The van der Waals surface area contributed by atoms with Crippen molar-refractivity contribution in [3.8, 4) is 0 Å². The van der Waals surface area contributed by atoms with Crippen LogP contribution in [0.3, 0.4) is 0 Å². The molecular formula is C18H19N3O2S2. The number of nitrogens with zero attached hydrogens (tertiary/aromatic N) is 2. The first-order valence-electron chi connectivity index (χ1n) is 8.40. The molecule has 25 heavy (non-hydrogen) atoms. The van der Waals surface area contributed by atoms with Gasteiger partial charge < -0.3 is 5.32 Å². The van der Waals surface area contributed by atoms with E-state index in [4.69, 9.17) is 0 Å². The van der Waals surface area contributed by atoms with Gasteiger partial charge in [-0.25, -0.2) is 4.98 Å². The van der Waals surface area contributed by atoms with Crippen molar-refractivity contribution in [3.05, 3.63) is 49.5 Å². The molecule has 0 aromatic carbocycles. The number of aromatic nitrogens is 2. The summed E-state index contributed by atoms with van der Waals surface area (Å²) in [6, 6.07) is 3.93. The topological polar surface area (TPSA) is 64.0 Å². The van der Waals surface area contributed by atoms with Gasteiger partial charge >= 0.3 is 0 Å². The van der Waals surface area contributed by atoms with Gasteiger partial charge in [0.25, 0.3) is 5.56 Å². The summed E-state index contributed by atoms with van der Waals surface area (Å²) >= 11 is 3.23. The van der Waals surface area contributed by atoms with Crippen LogP contribution in [0.25, 0.3) is 10.2 Å². The minimum Gasteiger partial charge on any atom is -0.350 e. The molecule has 0 aliphatic heterocycles. The monoisotopic (exact) mass is 373 g/mol. The van der Waals surface area contributed by atoms with Crippen molar-refractivity contribution in [2.45, 2.75) is 39.3 Å². The van der Waals surface area contributed by atoms with Gasteiger partial charge in [-0.05, 0) is 42.2 Å². The molecule has 5 nitrogen and oxygen atoms in total. The Kier molecular flexibility index (Phi) is 4.43. The summed E-state index contributed by atoms with van der Waals surface area (Å²) in [6.07, 6.45) is 4.56. The van der Waals surface area contributed by atoms with Crippen molar-refractivity contribution in [3.63, 3.8) is 0 Å². The summed E-state index contributed by atoms with van der Waals surface area (Å²) in [5.41, 5.74) is 1.06. The third kappa shape index (κ3) is 3.26. The van der Waals surface area contributed by atoms with Crippen molar-refractivity contribution in [2.24, 2.45) is 5.92 Å². The van der Waals surface area contributed by atoms with Gasteiger partial charge in [-0.3, -0.25) is 14.2 Å². The zero-order chi connectivity index (χ0) is 17.4. The van der Waals surface area contributed by atoms with Crippen LogP contribution < -0.4 is 10.9 Å². The molecule has 130 valence electrons. The van der Waals surface area contributed by atoms with E-state index in [9.17, 15) is 9.59 Å². The summed E-state index contributed by atoms with van der Waals surface area (Å²) in [5, 5.41) is 5.56. The lowest BCUT2D eigenvalue weighted by Crippen LogP contribution is -2.32. The van der Waals surface area contributed by atoms with Gasteiger partial charge in [-0.2, -0.15) is 0 Å². The van der Waals surface area contributed by atoms with Crippen molar-refractivity contribution < 1.29 is 4.79 Å². The second-order valence-electron chi connectivity index (χ2n) is 6.57. The van der Waals surface area contributed by atoms with Gasteiger partial charge in [0.1, 0.15) is 11.4 Å². The Bertz CT molecular complexity index is 972. The molecular weight excluding hydrogens is 354 g/mol. The number of amides is 1. The van der Waals surface area contributed by atoms with Crippen LogP contribution in [0.1, 0.15) is 28.7 Å². The quantitative estimate of drug-likeness (QED) is 0.765. The van der Waals surface area contributed by atoms with E-state index in [0.717, 1.165) is 39.9 Å². The van der Waals surface area contributed by atoms with Crippen molar-refractivity contribution in [1.29, 1.82) is 0 Å². The number of carbonyl (C=O) groups is 1. The van der Waals surface area contributed by atoms with E-state index in [0.29, 0.717) is 12.5 Å². The van der Waals surface area contributed by atoms with Crippen molar-refractivity contribution in [1.82, 2.24) is 14.9 Å². The second-order valence-corrected chi connectivity index (χ2v) is 8.68. The lowest BCUT2D eigenvalue weighted by molar-refractivity contribution is -0.121. The van der Waals surface area contributed by atoms with Crippen LogP contribution in [0.15, 0.2) is 28.6 Å². The molecule has 3 aromatic rings. The van der Waals surface area contributed by atoms with E-state index < -0.39 is 0 Å². The Morgan fingerprint density at radius 1 is 1.48 bits per heavy atom. The Morgan fingerprint density at radius 2 is 2.36 bits per heavy atom. The minimum absolute atomic E-state index is 0.00811. The van der Waals surface area contributed by atoms with E-state index >= 15 is 0 Å².